The van der Waals surface area contributed by atoms with E-state index in [9.17, 15) is 0 Å². The quantitative estimate of drug-likeness (QED) is 0.373. The summed E-state index contributed by atoms with van der Waals surface area (Å²) in [6.45, 7) is 0. The second kappa shape index (κ2) is 7.12. The first-order chi connectivity index (χ1) is 2.00. The summed E-state index contributed by atoms with van der Waals surface area (Å²) in [5.41, 5.74) is 0. The zero-order chi connectivity index (χ0) is 4.50. The van der Waals surface area contributed by atoms with Crippen molar-refractivity contribution in [3.05, 3.63) is 0 Å². The molecule has 0 aromatic carbocycles. The van der Waals surface area contributed by atoms with Gasteiger partial charge in [0.15, 0.2) is 0 Å². The van der Waals surface area contributed by atoms with Crippen LogP contribution in [0.5, 0.6) is 0 Å². The Morgan fingerprint density at radius 3 is 1.14 bits per heavy atom. The van der Waals surface area contributed by atoms with Crippen LogP contribution in [-0.2, 0) is 4.57 Å². The first-order valence-electron chi connectivity index (χ1n) is 0.783. The van der Waals surface area contributed by atoms with Crippen LogP contribution in [0.25, 0.3) is 0 Å². The van der Waals surface area contributed by atoms with Gasteiger partial charge in [-0.15, -0.1) is 0 Å². The van der Waals surface area contributed by atoms with E-state index in [1.165, 1.54) is 0 Å². The topological polar surface area (TPSA) is 77.8 Å². The molecule has 0 aromatic rings. The summed E-state index contributed by atoms with van der Waals surface area (Å²) in [5, 5.41) is 0. The Kier molecular flexibility index (Phi) is 16.8. The summed E-state index contributed by atoms with van der Waals surface area (Å²) in [5.74, 6) is 0. The molecule has 0 rings (SSSR count). The van der Waals surface area contributed by atoms with Crippen LogP contribution in [0.2, 0.25) is 0 Å². The Hall–Kier alpha value is 3.01. The number of phosphoric acid groups is 1. The van der Waals surface area contributed by atoms with Crippen LogP contribution in [-0.4, -0.2) is 66.1 Å². The molecule has 0 saturated heterocycles. The molecule has 0 aliphatic carbocycles. The molecule has 4 nitrogen and oxygen atoms in total. The Morgan fingerprint density at radius 2 is 1.14 bits per heavy atom. The minimum absolute atomic E-state index is 0. The molecule has 0 atom stereocenters. The molecule has 0 aromatic heterocycles. The fourth-order valence-electron chi connectivity index (χ4n) is 0. The molecule has 7 heteroatoms. The van der Waals surface area contributed by atoms with E-state index in [2.05, 4.69) is 0 Å². The maximum atomic E-state index is 8.88. The molecule has 3 N–H and O–H groups in total. The van der Waals surface area contributed by atoms with Gasteiger partial charge in [-0.1, -0.05) is 0 Å². The van der Waals surface area contributed by atoms with Crippen molar-refractivity contribution in [1.82, 2.24) is 0 Å². The second-order valence-corrected chi connectivity index (χ2v) is 1.54. The molecule has 0 fully saturated rings. The van der Waals surface area contributed by atoms with Gasteiger partial charge >= 0.3 is 59.2 Å². The van der Waals surface area contributed by atoms with Crippen LogP contribution in [0, 0.1) is 37.7 Å². The zero-order valence-corrected chi connectivity index (χ0v) is 5.33. The van der Waals surface area contributed by atoms with Crippen molar-refractivity contribution < 1.29 is 57.0 Å². The summed E-state index contributed by atoms with van der Waals surface area (Å²) in [4.78, 5) is 21.6. The van der Waals surface area contributed by atoms with E-state index in [1.54, 1.807) is 0 Å². The Balaban J connectivity index is -0.0000000800. The molecular weight excluding hydrogens is 299 g/mol. The van der Waals surface area contributed by atoms with Gasteiger partial charge < -0.3 is 14.7 Å². The summed E-state index contributed by atoms with van der Waals surface area (Å²) in [7, 11) is -4.64. The number of hydrogen-bond acceptors (Lipinski definition) is 1. The monoisotopic (exact) mass is 303 g/mol. The van der Waals surface area contributed by atoms with Gasteiger partial charge in [0.25, 0.3) is 0 Å². The number of rotatable bonds is 0. The first-order valence-corrected chi connectivity index (χ1v) is 2.35. The van der Waals surface area contributed by atoms with E-state index in [0.717, 1.165) is 0 Å². The van der Waals surface area contributed by atoms with E-state index in [4.69, 9.17) is 19.2 Å². The zero-order valence-electron chi connectivity index (χ0n) is 2.50. The van der Waals surface area contributed by atoms with E-state index < -0.39 is 7.82 Å². The average molecular weight is 303 g/mol. The first kappa shape index (κ1) is 16.5. The predicted molar refractivity (Wildman–Crippen MR) is 21.4 cm³/mol. The maximum absolute atomic E-state index is 8.88. The average Bonchev–Trinajstić information content (AvgIpc) is 0.722. The van der Waals surface area contributed by atoms with Gasteiger partial charge in [0.2, 0.25) is 0 Å². The summed E-state index contributed by atoms with van der Waals surface area (Å²) >= 11 is 0. The molecule has 0 aliphatic heterocycles. The van der Waals surface area contributed by atoms with Gasteiger partial charge in [-0.3, -0.25) is 0 Å². The van der Waals surface area contributed by atoms with Crippen LogP contribution in [0.1, 0.15) is 0 Å². The molecule has 0 unspecified atom stereocenters. The van der Waals surface area contributed by atoms with E-state index in [0.29, 0.717) is 0 Å². The van der Waals surface area contributed by atoms with Gasteiger partial charge in [-0.05, 0) is 0 Å². The third-order valence-corrected chi connectivity index (χ3v) is 0. The van der Waals surface area contributed by atoms with Gasteiger partial charge in [0, 0.05) is 37.7 Å². The molecule has 0 amide bonds. The molecule has 0 aliphatic rings. The molecule has 0 saturated carbocycles. The van der Waals surface area contributed by atoms with E-state index in [1.807, 2.05) is 0 Å². The van der Waals surface area contributed by atoms with E-state index in [-0.39, 0.29) is 89.1 Å². The van der Waals surface area contributed by atoms with Gasteiger partial charge in [0.05, 0.1) is 0 Å². The normalized spacial score (nSPS) is 8.43. The van der Waals surface area contributed by atoms with Crippen LogP contribution in [0.3, 0.4) is 0 Å². The SMILES string of the molecule is O=P(O)(O)O.[Ho].[KH]. The Morgan fingerprint density at radius 1 is 1.14 bits per heavy atom. The third-order valence-electron chi connectivity index (χ3n) is 0. The molecule has 45 valence electrons. The number of hydrogen-bond donors (Lipinski definition) is 3. The molecule has 7 heavy (non-hydrogen) atoms. The Labute approximate surface area is 113 Å². The summed E-state index contributed by atoms with van der Waals surface area (Å²) < 4.78 is 8.88. The van der Waals surface area contributed by atoms with Crippen molar-refractivity contribution in [2.45, 2.75) is 0 Å². The Bertz CT molecular complexity index is 57.8. The van der Waals surface area contributed by atoms with Crippen LogP contribution < -0.4 is 0 Å². The van der Waals surface area contributed by atoms with E-state index >= 15 is 0 Å². The van der Waals surface area contributed by atoms with Gasteiger partial charge in [-0.25, -0.2) is 4.57 Å². The minimum atomic E-state index is -4.64. The fraction of sp³-hybridized carbons (Fsp3) is 0. The van der Waals surface area contributed by atoms with Crippen LogP contribution in [0.15, 0.2) is 0 Å². The van der Waals surface area contributed by atoms with Crippen molar-refractivity contribution in [1.29, 1.82) is 0 Å². The van der Waals surface area contributed by atoms with Crippen molar-refractivity contribution in [3.63, 3.8) is 0 Å². The summed E-state index contributed by atoms with van der Waals surface area (Å²) in [6, 6.07) is 0. The predicted octanol–water partition coefficient (Wildman–Crippen LogP) is -1.58. The van der Waals surface area contributed by atoms with Crippen LogP contribution >= 0.6 is 7.82 Å². The fourth-order valence-corrected chi connectivity index (χ4v) is 0. The van der Waals surface area contributed by atoms with Crippen LogP contribution in [0.4, 0.5) is 0 Å². The third kappa shape index (κ3) is 48.9. The van der Waals surface area contributed by atoms with Crippen molar-refractivity contribution in [3.8, 4) is 0 Å². The van der Waals surface area contributed by atoms with Crippen molar-refractivity contribution >= 4 is 59.2 Å². The van der Waals surface area contributed by atoms with Crippen molar-refractivity contribution in [2.75, 3.05) is 0 Å². The molecule has 1 radical (unpaired) electrons. The standard InChI is InChI=1S/Ho.K.H3O4P.H/c;;1-5(2,3)4;/h;;(H3,1,2,3,4);. The van der Waals surface area contributed by atoms with Gasteiger partial charge in [-0.2, -0.15) is 0 Å². The molecule has 0 bridgehead atoms. The summed E-state index contributed by atoms with van der Waals surface area (Å²) in [6.07, 6.45) is 0. The second-order valence-electron chi connectivity index (χ2n) is 0.513. The molecular formula is H4HoKO4P. The van der Waals surface area contributed by atoms with Crippen molar-refractivity contribution in [2.24, 2.45) is 0 Å². The molecule has 0 heterocycles. The van der Waals surface area contributed by atoms with Gasteiger partial charge in [0.1, 0.15) is 0 Å². The molecule has 0 spiro atoms.